The van der Waals surface area contributed by atoms with E-state index in [0.717, 1.165) is 17.0 Å². The molecule has 0 aliphatic carbocycles. The number of rotatable bonds is 5. The average molecular weight is 283 g/mol. The van der Waals surface area contributed by atoms with Crippen molar-refractivity contribution < 1.29 is 9.53 Å². The van der Waals surface area contributed by atoms with Crippen molar-refractivity contribution in [3.63, 3.8) is 0 Å². The van der Waals surface area contributed by atoms with Gasteiger partial charge in [0, 0.05) is 17.3 Å². The van der Waals surface area contributed by atoms with E-state index in [9.17, 15) is 4.79 Å². The second-order valence-electron chi connectivity index (χ2n) is 5.55. The number of hydrogen-bond donors (Lipinski definition) is 1. The normalized spacial score (nSPS) is 10.5. The predicted octanol–water partition coefficient (Wildman–Crippen LogP) is 4.28. The molecule has 1 amide bonds. The maximum Gasteiger partial charge on any atom is 0.255 e. The summed E-state index contributed by atoms with van der Waals surface area (Å²) in [6.45, 7) is 6.86. The number of aryl methyl sites for hydroxylation is 1. The zero-order valence-electron chi connectivity index (χ0n) is 12.7. The Morgan fingerprint density at radius 1 is 1.14 bits per heavy atom. The molecule has 2 rings (SSSR count). The Hall–Kier alpha value is -2.29. The Bertz CT molecular complexity index is 603. The van der Waals surface area contributed by atoms with Crippen LogP contribution in [0.3, 0.4) is 0 Å². The van der Waals surface area contributed by atoms with Gasteiger partial charge in [-0.05, 0) is 37.1 Å². The molecule has 0 spiro atoms. The third-order valence-electron chi connectivity index (χ3n) is 2.99. The first-order valence-corrected chi connectivity index (χ1v) is 7.15. The maximum absolute atomic E-state index is 12.2. The smallest absolute Gasteiger partial charge is 0.255 e. The van der Waals surface area contributed by atoms with Gasteiger partial charge in [-0.15, -0.1) is 0 Å². The summed E-state index contributed by atoms with van der Waals surface area (Å²) in [6, 6.07) is 15.0. The van der Waals surface area contributed by atoms with Crippen LogP contribution >= 0.6 is 0 Å². The highest BCUT2D eigenvalue weighted by molar-refractivity contribution is 6.04. The summed E-state index contributed by atoms with van der Waals surface area (Å²) in [5.74, 6) is 1.12. The van der Waals surface area contributed by atoms with Gasteiger partial charge in [0.1, 0.15) is 5.75 Å². The summed E-state index contributed by atoms with van der Waals surface area (Å²) in [7, 11) is 0. The third-order valence-corrected chi connectivity index (χ3v) is 2.99. The average Bonchev–Trinajstić information content (AvgIpc) is 2.46. The number of benzene rings is 2. The highest BCUT2D eigenvalue weighted by atomic mass is 16.5. The summed E-state index contributed by atoms with van der Waals surface area (Å²) < 4.78 is 5.66. The molecule has 0 saturated carbocycles. The summed E-state index contributed by atoms with van der Waals surface area (Å²) >= 11 is 0. The lowest BCUT2D eigenvalue weighted by molar-refractivity contribution is 0.102. The minimum Gasteiger partial charge on any atom is -0.493 e. The quantitative estimate of drug-likeness (QED) is 0.889. The SMILES string of the molecule is Cc1ccc(C(=O)Nc2cccc(OCC(C)C)c2)cc1. The summed E-state index contributed by atoms with van der Waals surface area (Å²) in [4.78, 5) is 12.2. The maximum atomic E-state index is 12.2. The Morgan fingerprint density at radius 2 is 1.86 bits per heavy atom. The molecule has 2 aromatic rings. The van der Waals surface area contributed by atoms with Gasteiger partial charge in [0.25, 0.3) is 5.91 Å². The second kappa shape index (κ2) is 6.93. The number of nitrogens with one attached hydrogen (secondary N) is 1. The monoisotopic (exact) mass is 283 g/mol. The number of anilines is 1. The predicted molar refractivity (Wildman–Crippen MR) is 85.9 cm³/mol. The molecule has 0 aliphatic heterocycles. The fourth-order valence-electron chi connectivity index (χ4n) is 1.83. The molecule has 21 heavy (non-hydrogen) atoms. The summed E-state index contributed by atoms with van der Waals surface area (Å²) in [5.41, 5.74) is 2.52. The number of hydrogen-bond acceptors (Lipinski definition) is 2. The summed E-state index contributed by atoms with van der Waals surface area (Å²) in [6.07, 6.45) is 0. The van der Waals surface area contributed by atoms with E-state index in [1.165, 1.54) is 0 Å². The van der Waals surface area contributed by atoms with E-state index in [-0.39, 0.29) is 5.91 Å². The number of ether oxygens (including phenoxy) is 1. The van der Waals surface area contributed by atoms with Crippen LogP contribution < -0.4 is 10.1 Å². The molecule has 0 unspecified atom stereocenters. The van der Waals surface area contributed by atoms with Crippen LogP contribution in [-0.2, 0) is 0 Å². The lowest BCUT2D eigenvalue weighted by Gasteiger charge is -2.11. The Labute approximate surface area is 126 Å². The van der Waals surface area contributed by atoms with E-state index in [4.69, 9.17) is 4.74 Å². The molecule has 110 valence electrons. The van der Waals surface area contributed by atoms with E-state index in [2.05, 4.69) is 19.2 Å². The van der Waals surface area contributed by atoms with Crippen LogP contribution in [0.25, 0.3) is 0 Å². The zero-order chi connectivity index (χ0) is 15.2. The van der Waals surface area contributed by atoms with Gasteiger partial charge in [0.15, 0.2) is 0 Å². The van der Waals surface area contributed by atoms with Crippen LogP contribution in [0.5, 0.6) is 5.75 Å². The van der Waals surface area contributed by atoms with Crippen molar-refractivity contribution in [1.29, 1.82) is 0 Å². The van der Waals surface area contributed by atoms with Crippen molar-refractivity contribution >= 4 is 11.6 Å². The number of carbonyl (C=O) groups is 1. The van der Waals surface area contributed by atoms with E-state index < -0.39 is 0 Å². The van der Waals surface area contributed by atoms with Crippen LogP contribution in [0.2, 0.25) is 0 Å². The van der Waals surface area contributed by atoms with Crippen molar-refractivity contribution in [2.45, 2.75) is 20.8 Å². The van der Waals surface area contributed by atoms with Gasteiger partial charge in [-0.3, -0.25) is 4.79 Å². The Morgan fingerprint density at radius 3 is 2.52 bits per heavy atom. The van der Waals surface area contributed by atoms with Crippen LogP contribution in [0.4, 0.5) is 5.69 Å². The van der Waals surface area contributed by atoms with Crippen LogP contribution in [0.15, 0.2) is 48.5 Å². The van der Waals surface area contributed by atoms with Gasteiger partial charge < -0.3 is 10.1 Å². The number of amides is 1. The molecule has 3 heteroatoms. The molecule has 0 heterocycles. The molecule has 0 aromatic heterocycles. The molecule has 2 aromatic carbocycles. The van der Waals surface area contributed by atoms with E-state index >= 15 is 0 Å². The largest absolute Gasteiger partial charge is 0.493 e. The van der Waals surface area contributed by atoms with Gasteiger partial charge in [0.2, 0.25) is 0 Å². The fraction of sp³-hybridized carbons (Fsp3) is 0.278. The topological polar surface area (TPSA) is 38.3 Å². The van der Waals surface area contributed by atoms with E-state index in [1.807, 2.05) is 55.5 Å². The zero-order valence-corrected chi connectivity index (χ0v) is 12.7. The van der Waals surface area contributed by atoms with Crippen LogP contribution in [0, 0.1) is 12.8 Å². The molecular weight excluding hydrogens is 262 g/mol. The highest BCUT2D eigenvalue weighted by Crippen LogP contribution is 2.19. The molecule has 0 saturated heterocycles. The van der Waals surface area contributed by atoms with Crippen molar-refractivity contribution in [3.05, 3.63) is 59.7 Å². The first-order chi connectivity index (χ1) is 10.0. The Balaban J connectivity index is 2.03. The molecule has 0 radical (unpaired) electrons. The molecule has 0 aliphatic rings. The highest BCUT2D eigenvalue weighted by Gasteiger charge is 2.06. The first-order valence-electron chi connectivity index (χ1n) is 7.15. The molecule has 0 fully saturated rings. The van der Waals surface area contributed by atoms with E-state index in [1.54, 1.807) is 0 Å². The van der Waals surface area contributed by atoms with Gasteiger partial charge in [0.05, 0.1) is 6.61 Å². The molecule has 0 atom stereocenters. The van der Waals surface area contributed by atoms with Crippen LogP contribution in [-0.4, -0.2) is 12.5 Å². The molecule has 3 nitrogen and oxygen atoms in total. The van der Waals surface area contributed by atoms with Gasteiger partial charge in [-0.25, -0.2) is 0 Å². The van der Waals surface area contributed by atoms with Crippen molar-refractivity contribution in [2.24, 2.45) is 5.92 Å². The Kier molecular flexibility index (Phi) is 4.99. The summed E-state index contributed by atoms with van der Waals surface area (Å²) in [5, 5.41) is 2.89. The van der Waals surface area contributed by atoms with Crippen molar-refractivity contribution in [2.75, 3.05) is 11.9 Å². The van der Waals surface area contributed by atoms with Crippen molar-refractivity contribution in [3.8, 4) is 5.75 Å². The molecule has 0 bridgehead atoms. The second-order valence-corrected chi connectivity index (χ2v) is 5.55. The fourth-order valence-corrected chi connectivity index (χ4v) is 1.83. The van der Waals surface area contributed by atoms with Crippen LogP contribution in [0.1, 0.15) is 29.8 Å². The van der Waals surface area contributed by atoms with Gasteiger partial charge >= 0.3 is 0 Å². The standard InChI is InChI=1S/C18H21NO2/c1-13(2)12-21-17-6-4-5-16(11-17)19-18(20)15-9-7-14(3)8-10-15/h4-11,13H,12H2,1-3H3,(H,19,20). The minimum atomic E-state index is -0.115. The lowest BCUT2D eigenvalue weighted by Crippen LogP contribution is -2.12. The first kappa shape index (κ1) is 15.1. The van der Waals surface area contributed by atoms with E-state index in [0.29, 0.717) is 18.1 Å². The third kappa shape index (κ3) is 4.63. The van der Waals surface area contributed by atoms with Crippen molar-refractivity contribution in [1.82, 2.24) is 0 Å². The molecular formula is C18H21NO2. The van der Waals surface area contributed by atoms with Gasteiger partial charge in [-0.1, -0.05) is 37.6 Å². The van der Waals surface area contributed by atoms with Gasteiger partial charge in [-0.2, -0.15) is 0 Å². The lowest BCUT2D eigenvalue weighted by atomic mass is 10.1. The number of carbonyl (C=O) groups excluding carboxylic acids is 1. The molecule has 1 N–H and O–H groups in total. The minimum absolute atomic E-state index is 0.115.